The minimum atomic E-state index is -1.31. The summed E-state index contributed by atoms with van der Waals surface area (Å²) in [7, 11) is 2.68. The van der Waals surface area contributed by atoms with Gasteiger partial charge in [-0.15, -0.1) is 0 Å². The minimum absolute atomic E-state index is 0.116. The van der Waals surface area contributed by atoms with E-state index in [0.717, 1.165) is 0 Å². The van der Waals surface area contributed by atoms with Gasteiger partial charge in [-0.2, -0.15) is 0 Å². The van der Waals surface area contributed by atoms with Crippen molar-refractivity contribution < 1.29 is 29.3 Å². The molecule has 0 aliphatic heterocycles. The predicted molar refractivity (Wildman–Crippen MR) is 45.8 cm³/mol. The summed E-state index contributed by atoms with van der Waals surface area (Å²) in [5, 5.41) is 17.0. The van der Waals surface area contributed by atoms with Gasteiger partial charge in [0.05, 0.1) is 0 Å². The van der Waals surface area contributed by atoms with E-state index in [0.29, 0.717) is 6.08 Å². The second kappa shape index (κ2) is 6.11. The monoisotopic (exact) mass is 204 g/mol. The maximum atomic E-state index is 10.6. The maximum Gasteiger partial charge on any atom is 0.332 e. The molecule has 0 bridgehead atoms. The Morgan fingerprint density at radius 1 is 1.29 bits per heavy atom. The lowest BCUT2D eigenvalue weighted by Gasteiger charge is -2.12. The number of carboxylic acid groups (broad SMARTS) is 2. The summed E-state index contributed by atoms with van der Waals surface area (Å²) in [6.07, 6.45) is -0.251. The summed E-state index contributed by atoms with van der Waals surface area (Å²) < 4.78 is 9.48. The van der Waals surface area contributed by atoms with Crippen LogP contribution in [0.2, 0.25) is 0 Å². The van der Waals surface area contributed by atoms with Crippen molar-refractivity contribution in [3.8, 4) is 0 Å². The standard InChI is InChI=1S/C8H12O6/c1-13-7(14-2)4-5(8(11)12)3-6(9)10/h3,7H,4H2,1-2H3,(H,9,10)(H,11,12)/b5-3+. The van der Waals surface area contributed by atoms with Crippen LogP contribution in [0, 0.1) is 0 Å². The van der Waals surface area contributed by atoms with Crippen LogP contribution in [-0.4, -0.2) is 42.7 Å². The number of hydrogen-bond donors (Lipinski definition) is 2. The Labute approximate surface area is 80.7 Å². The van der Waals surface area contributed by atoms with Crippen LogP contribution in [0.4, 0.5) is 0 Å². The molecule has 0 radical (unpaired) electrons. The van der Waals surface area contributed by atoms with E-state index in [4.69, 9.17) is 19.7 Å². The third kappa shape index (κ3) is 4.58. The molecule has 2 N–H and O–H groups in total. The first-order chi connectivity index (χ1) is 6.51. The van der Waals surface area contributed by atoms with Gasteiger partial charge in [0.2, 0.25) is 0 Å². The highest BCUT2D eigenvalue weighted by atomic mass is 16.7. The Hall–Kier alpha value is -1.40. The van der Waals surface area contributed by atoms with Gasteiger partial charge in [0.1, 0.15) is 0 Å². The van der Waals surface area contributed by atoms with E-state index >= 15 is 0 Å². The fourth-order valence-corrected chi connectivity index (χ4v) is 0.799. The number of carbonyl (C=O) groups is 2. The molecule has 0 aliphatic carbocycles. The Balaban J connectivity index is 4.53. The van der Waals surface area contributed by atoms with Gasteiger partial charge in [-0.1, -0.05) is 0 Å². The van der Waals surface area contributed by atoms with Crippen LogP contribution in [0.15, 0.2) is 11.6 Å². The quantitative estimate of drug-likeness (QED) is 0.470. The zero-order valence-corrected chi connectivity index (χ0v) is 7.89. The highest BCUT2D eigenvalue weighted by Crippen LogP contribution is 2.09. The van der Waals surface area contributed by atoms with Crippen LogP contribution in [-0.2, 0) is 19.1 Å². The smallest absolute Gasteiger partial charge is 0.332 e. The van der Waals surface area contributed by atoms with Crippen LogP contribution in [0.3, 0.4) is 0 Å². The molecule has 0 aromatic carbocycles. The molecule has 0 rings (SSSR count). The number of ether oxygens (including phenoxy) is 2. The summed E-state index contributed by atoms with van der Waals surface area (Å²) in [5.74, 6) is -2.61. The fraction of sp³-hybridized carbons (Fsp3) is 0.500. The van der Waals surface area contributed by atoms with Gasteiger partial charge >= 0.3 is 11.9 Å². The highest BCUT2D eigenvalue weighted by molar-refractivity contribution is 5.94. The molecule has 0 saturated heterocycles. The third-order valence-corrected chi connectivity index (χ3v) is 1.48. The summed E-state index contributed by atoms with van der Waals surface area (Å²) in [6.45, 7) is 0. The largest absolute Gasteiger partial charge is 0.478 e. The van der Waals surface area contributed by atoms with Crippen molar-refractivity contribution in [2.75, 3.05) is 14.2 Å². The SMILES string of the molecule is COC(C/C(=C\C(=O)O)C(=O)O)OC. The average molecular weight is 204 g/mol. The zero-order valence-electron chi connectivity index (χ0n) is 7.89. The molecule has 0 unspecified atom stereocenters. The number of aliphatic carboxylic acids is 2. The summed E-state index contributed by atoms with van der Waals surface area (Å²) >= 11 is 0. The average Bonchev–Trinajstić information content (AvgIpc) is 2.11. The van der Waals surface area contributed by atoms with Gasteiger partial charge in [0.25, 0.3) is 0 Å². The first-order valence-corrected chi connectivity index (χ1v) is 3.73. The van der Waals surface area contributed by atoms with Gasteiger partial charge in [-0.3, -0.25) is 0 Å². The third-order valence-electron chi connectivity index (χ3n) is 1.48. The lowest BCUT2D eigenvalue weighted by molar-refractivity contribution is -0.137. The van der Waals surface area contributed by atoms with Crippen LogP contribution >= 0.6 is 0 Å². The Kier molecular flexibility index (Phi) is 5.50. The van der Waals surface area contributed by atoms with E-state index in [1.807, 2.05) is 0 Å². The van der Waals surface area contributed by atoms with E-state index in [-0.39, 0.29) is 12.0 Å². The molecule has 6 nitrogen and oxygen atoms in total. The predicted octanol–water partition coefficient (Wildman–Crippen LogP) is 0.0910. The number of carboxylic acids is 2. The zero-order chi connectivity index (χ0) is 11.1. The second-order valence-electron chi connectivity index (χ2n) is 2.42. The number of rotatable bonds is 6. The molecule has 0 fully saturated rings. The second-order valence-corrected chi connectivity index (χ2v) is 2.42. The van der Waals surface area contributed by atoms with Crippen LogP contribution in [0.25, 0.3) is 0 Å². The molecular weight excluding hydrogens is 192 g/mol. The van der Waals surface area contributed by atoms with Gasteiger partial charge in [0.15, 0.2) is 6.29 Å². The van der Waals surface area contributed by atoms with Gasteiger partial charge in [0, 0.05) is 32.3 Å². The lowest BCUT2D eigenvalue weighted by atomic mass is 10.1. The van der Waals surface area contributed by atoms with Gasteiger partial charge in [-0.05, 0) is 0 Å². The molecule has 80 valence electrons. The minimum Gasteiger partial charge on any atom is -0.478 e. The van der Waals surface area contributed by atoms with E-state index < -0.39 is 18.2 Å². The molecule has 0 atom stereocenters. The number of hydrogen-bond acceptors (Lipinski definition) is 4. The summed E-state index contributed by atoms with van der Waals surface area (Å²) in [5.41, 5.74) is -0.272. The van der Waals surface area contributed by atoms with Crippen molar-refractivity contribution in [3.05, 3.63) is 11.6 Å². The van der Waals surface area contributed by atoms with Crippen molar-refractivity contribution in [3.63, 3.8) is 0 Å². The molecule has 0 saturated carbocycles. The van der Waals surface area contributed by atoms with Crippen molar-refractivity contribution in [1.29, 1.82) is 0 Å². The molecule has 0 amide bonds. The summed E-state index contributed by atoms with van der Waals surface area (Å²) in [6, 6.07) is 0. The molecule has 0 aromatic rings. The van der Waals surface area contributed by atoms with Gasteiger partial charge in [-0.25, -0.2) is 9.59 Å². The molecule has 14 heavy (non-hydrogen) atoms. The first kappa shape index (κ1) is 12.6. The normalized spacial score (nSPS) is 11.8. The molecular formula is C8H12O6. The molecule has 0 aliphatic rings. The van der Waals surface area contributed by atoms with E-state index in [1.54, 1.807) is 0 Å². The van der Waals surface area contributed by atoms with Crippen LogP contribution in [0.1, 0.15) is 6.42 Å². The van der Waals surface area contributed by atoms with Crippen LogP contribution < -0.4 is 0 Å². The Bertz CT molecular complexity index is 240. The fourth-order valence-electron chi connectivity index (χ4n) is 0.799. The van der Waals surface area contributed by atoms with E-state index in [2.05, 4.69) is 0 Å². The molecule has 0 aromatic heterocycles. The van der Waals surface area contributed by atoms with E-state index in [9.17, 15) is 9.59 Å². The van der Waals surface area contributed by atoms with Crippen molar-refractivity contribution in [2.24, 2.45) is 0 Å². The van der Waals surface area contributed by atoms with Crippen molar-refractivity contribution in [2.45, 2.75) is 12.7 Å². The first-order valence-electron chi connectivity index (χ1n) is 3.73. The van der Waals surface area contributed by atoms with Gasteiger partial charge < -0.3 is 19.7 Å². The molecule has 0 heterocycles. The topological polar surface area (TPSA) is 93.1 Å². The van der Waals surface area contributed by atoms with E-state index in [1.165, 1.54) is 14.2 Å². The molecule has 0 spiro atoms. The van der Waals surface area contributed by atoms with Crippen molar-refractivity contribution >= 4 is 11.9 Å². The number of methoxy groups -OCH3 is 2. The molecule has 6 heteroatoms. The highest BCUT2D eigenvalue weighted by Gasteiger charge is 2.15. The lowest BCUT2D eigenvalue weighted by Crippen LogP contribution is -2.17. The maximum absolute atomic E-state index is 10.6. The van der Waals surface area contributed by atoms with Crippen molar-refractivity contribution in [1.82, 2.24) is 0 Å². The Morgan fingerprint density at radius 3 is 2.07 bits per heavy atom. The van der Waals surface area contributed by atoms with Crippen LogP contribution in [0.5, 0.6) is 0 Å². The summed E-state index contributed by atoms with van der Waals surface area (Å²) in [4.78, 5) is 20.8. The Morgan fingerprint density at radius 2 is 1.79 bits per heavy atom.